The van der Waals surface area contributed by atoms with Gasteiger partial charge in [0.25, 0.3) is 0 Å². The molecule has 0 unspecified atom stereocenters. The zero-order valence-corrected chi connectivity index (χ0v) is 13.5. The van der Waals surface area contributed by atoms with Crippen molar-refractivity contribution in [2.24, 2.45) is 0 Å². The van der Waals surface area contributed by atoms with E-state index in [4.69, 9.17) is 10.2 Å². The van der Waals surface area contributed by atoms with Crippen LogP contribution in [-0.2, 0) is 0 Å². The Labute approximate surface area is 133 Å². The van der Waals surface area contributed by atoms with Gasteiger partial charge in [0.05, 0.1) is 11.1 Å². The normalized spacial score (nSPS) is 8.86. The molecule has 0 radical (unpaired) electrons. The molecule has 0 saturated heterocycles. The van der Waals surface area contributed by atoms with Gasteiger partial charge in [0, 0.05) is 0 Å². The van der Waals surface area contributed by atoms with E-state index in [1.54, 1.807) is 48.5 Å². The Bertz CT molecular complexity index is 533. The predicted octanol–water partition coefficient (Wildman–Crippen LogP) is 3.96. The van der Waals surface area contributed by atoms with Crippen LogP contribution in [0.25, 0.3) is 0 Å². The van der Waals surface area contributed by atoms with Crippen molar-refractivity contribution in [1.29, 1.82) is 0 Å². The number of hydrogen-bond acceptors (Lipinski definition) is 2. The van der Waals surface area contributed by atoms with Crippen LogP contribution in [0.3, 0.4) is 0 Å². The van der Waals surface area contributed by atoms with Gasteiger partial charge in [-0.05, 0) is 38.1 Å². The van der Waals surface area contributed by atoms with Gasteiger partial charge < -0.3 is 10.2 Å². The van der Waals surface area contributed by atoms with E-state index in [1.807, 2.05) is 13.8 Å². The first kappa shape index (κ1) is 18.9. The van der Waals surface area contributed by atoms with Crippen molar-refractivity contribution in [1.82, 2.24) is 0 Å². The Hall–Kier alpha value is -2.14. The Morgan fingerprint density at radius 1 is 0.667 bits per heavy atom. The van der Waals surface area contributed by atoms with Crippen LogP contribution in [-0.4, -0.2) is 22.2 Å². The molecule has 0 atom stereocenters. The van der Waals surface area contributed by atoms with Crippen molar-refractivity contribution in [2.45, 2.75) is 13.8 Å². The fourth-order valence-corrected chi connectivity index (χ4v) is 1.39. The molecule has 112 valence electrons. The second-order valence-electron chi connectivity index (χ2n) is 4.34. The second-order valence-corrected chi connectivity index (χ2v) is 4.34. The molecule has 2 aromatic rings. The van der Waals surface area contributed by atoms with Gasteiger partial charge in [0.15, 0.2) is 0 Å². The van der Waals surface area contributed by atoms with E-state index < -0.39 is 11.9 Å². The van der Waals surface area contributed by atoms with E-state index in [9.17, 15) is 9.59 Å². The summed E-state index contributed by atoms with van der Waals surface area (Å²) in [6, 6.07) is 13.5. The van der Waals surface area contributed by atoms with Gasteiger partial charge in [-0.25, -0.2) is 9.59 Å². The van der Waals surface area contributed by atoms with Crippen LogP contribution >= 0.6 is 17.0 Å². The number of hydrogen-bond donors (Lipinski definition) is 2. The SMILES string of the molecule is Br.Cc1ccc(C(=O)O)cc1.Cc1ccc(C(=O)O)cc1. The third-order valence-electron chi connectivity index (χ3n) is 2.60. The summed E-state index contributed by atoms with van der Waals surface area (Å²) in [6.45, 7) is 3.84. The lowest BCUT2D eigenvalue weighted by atomic mass is 10.2. The molecule has 4 nitrogen and oxygen atoms in total. The number of aryl methyl sites for hydroxylation is 2. The van der Waals surface area contributed by atoms with Crippen molar-refractivity contribution in [2.75, 3.05) is 0 Å². The monoisotopic (exact) mass is 352 g/mol. The summed E-state index contributed by atoms with van der Waals surface area (Å²) in [7, 11) is 0. The summed E-state index contributed by atoms with van der Waals surface area (Å²) in [4.78, 5) is 20.6. The quantitative estimate of drug-likeness (QED) is 0.857. The first-order chi connectivity index (χ1) is 9.40. The highest BCUT2D eigenvalue weighted by Gasteiger charge is 1.99. The van der Waals surface area contributed by atoms with Gasteiger partial charge in [-0.15, -0.1) is 17.0 Å². The molecule has 0 saturated carbocycles. The number of aromatic carboxylic acids is 2. The lowest BCUT2D eigenvalue weighted by Crippen LogP contribution is -1.94. The summed E-state index contributed by atoms with van der Waals surface area (Å²) in [5, 5.41) is 17.0. The number of carboxylic acids is 2. The fourth-order valence-electron chi connectivity index (χ4n) is 1.39. The molecule has 0 bridgehead atoms. The summed E-state index contributed by atoms with van der Waals surface area (Å²) in [5.74, 6) is -1.75. The molecule has 0 spiro atoms. The summed E-state index contributed by atoms with van der Waals surface area (Å²) >= 11 is 0. The highest BCUT2D eigenvalue weighted by molar-refractivity contribution is 8.93. The maximum absolute atomic E-state index is 10.3. The van der Waals surface area contributed by atoms with Crippen LogP contribution in [0.2, 0.25) is 0 Å². The van der Waals surface area contributed by atoms with E-state index in [1.165, 1.54) is 0 Å². The number of rotatable bonds is 2. The van der Waals surface area contributed by atoms with Crippen LogP contribution in [0, 0.1) is 13.8 Å². The molecule has 21 heavy (non-hydrogen) atoms. The molecular formula is C16H17BrO4. The highest BCUT2D eigenvalue weighted by atomic mass is 79.9. The van der Waals surface area contributed by atoms with Crippen molar-refractivity contribution in [3.05, 3.63) is 70.8 Å². The van der Waals surface area contributed by atoms with E-state index in [0.717, 1.165) is 11.1 Å². The van der Waals surface area contributed by atoms with Gasteiger partial charge in [0.2, 0.25) is 0 Å². The van der Waals surface area contributed by atoms with Crippen LogP contribution in [0.5, 0.6) is 0 Å². The minimum absolute atomic E-state index is 0. The Morgan fingerprint density at radius 3 is 1.10 bits per heavy atom. The topological polar surface area (TPSA) is 74.6 Å². The van der Waals surface area contributed by atoms with Crippen LogP contribution in [0.15, 0.2) is 48.5 Å². The standard InChI is InChI=1S/2C8H8O2.BrH/c2*1-6-2-4-7(5-3-6)8(9)10;/h2*2-5H,1H3,(H,9,10);1H. The average Bonchev–Trinajstić information content (AvgIpc) is 2.40. The highest BCUT2D eigenvalue weighted by Crippen LogP contribution is 2.02. The maximum Gasteiger partial charge on any atom is 0.335 e. The number of carboxylic acid groups (broad SMARTS) is 2. The summed E-state index contributed by atoms with van der Waals surface area (Å²) in [6.07, 6.45) is 0. The van der Waals surface area contributed by atoms with Crippen molar-refractivity contribution in [3.8, 4) is 0 Å². The third kappa shape index (κ3) is 6.72. The number of halogens is 1. The maximum atomic E-state index is 10.3. The smallest absolute Gasteiger partial charge is 0.335 e. The molecule has 5 heteroatoms. The van der Waals surface area contributed by atoms with Gasteiger partial charge in [-0.2, -0.15) is 0 Å². The Morgan fingerprint density at radius 2 is 0.905 bits per heavy atom. The third-order valence-corrected chi connectivity index (χ3v) is 2.60. The van der Waals surface area contributed by atoms with Crippen molar-refractivity contribution < 1.29 is 19.8 Å². The van der Waals surface area contributed by atoms with Crippen LogP contribution in [0.1, 0.15) is 31.8 Å². The molecular weight excluding hydrogens is 336 g/mol. The Kier molecular flexibility index (Phi) is 8.01. The Balaban J connectivity index is 0.000000364. The minimum atomic E-state index is -0.875. The van der Waals surface area contributed by atoms with Gasteiger partial charge in [-0.3, -0.25) is 0 Å². The first-order valence-corrected chi connectivity index (χ1v) is 6.00. The molecule has 2 rings (SSSR count). The largest absolute Gasteiger partial charge is 0.478 e. The average molecular weight is 353 g/mol. The van der Waals surface area contributed by atoms with Crippen LogP contribution < -0.4 is 0 Å². The zero-order valence-electron chi connectivity index (χ0n) is 11.7. The molecule has 2 N–H and O–H groups in total. The molecule has 0 heterocycles. The first-order valence-electron chi connectivity index (χ1n) is 6.00. The van der Waals surface area contributed by atoms with Gasteiger partial charge in [-0.1, -0.05) is 35.4 Å². The van der Waals surface area contributed by atoms with Gasteiger partial charge in [0.1, 0.15) is 0 Å². The molecule has 0 amide bonds. The predicted molar refractivity (Wildman–Crippen MR) is 86.6 cm³/mol. The van der Waals surface area contributed by atoms with E-state index in [-0.39, 0.29) is 17.0 Å². The fraction of sp³-hybridized carbons (Fsp3) is 0.125. The number of benzene rings is 2. The molecule has 0 aliphatic heterocycles. The minimum Gasteiger partial charge on any atom is -0.478 e. The summed E-state index contributed by atoms with van der Waals surface area (Å²) < 4.78 is 0. The molecule has 0 aromatic heterocycles. The summed E-state index contributed by atoms with van der Waals surface area (Å²) in [5.41, 5.74) is 2.83. The van der Waals surface area contributed by atoms with Crippen molar-refractivity contribution >= 4 is 28.9 Å². The van der Waals surface area contributed by atoms with Crippen molar-refractivity contribution in [3.63, 3.8) is 0 Å². The molecule has 0 fully saturated rings. The molecule has 0 aliphatic carbocycles. The molecule has 2 aromatic carbocycles. The molecule has 0 aliphatic rings. The van der Waals surface area contributed by atoms with E-state index >= 15 is 0 Å². The number of carbonyl (C=O) groups is 2. The van der Waals surface area contributed by atoms with Crippen LogP contribution in [0.4, 0.5) is 0 Å². The zero-order chi connectivity index (χ0) is 15.1. The second kappa shape index (κ2) is 8.92. The van der Waals surface area contributed by atoms with E-state index in [2.05, 4.69) is 0 Å². The lowest BCUT2D eigenvalue weighted by Gasteiger charge is -1.92. The van der Waals surface area contributed by atoms with E-state index in [0.29, 0.717) is 11.1 Å². The van der Waals surface area contributed by atoms with Gasteiger partial charge >= 0.3 is 11.9 Å². The lowest BCUT2D eigenvalue weighted by molar-refractivity contribution is 0.0686.